The molecule has 5 heteroatoms. The molecule has 2 rings (SSSR count). The van der Waals surface area contributed by atoms with E-state index >= 15 is 0 Å². The monoisotopic (exact) mass is 296 g/mol. The van der Waals surface area contributed by atoms with Crippen molar-refractivity contribution in [3.05, 3.63) is 28.8 Å². The Hall–Kier alpha value is -1.26. The minimum absolute atomic E-state index is 0.0162. The molecule has 0 atom stereocenters. The van der Waals surface area contributed by atoms with Gasteiger partial charge in [-0.1, -0.05) is 24.4 Å². The molecule has 0 heterocycles. The summed E-state index contributed by atoms with van der Waals surface area (Å²) < 4.78 is 0. The van der Waals surface area contributed by atoms with Crippen molar-refractivity contribution in [2.45, 2.75) is 31.7 Å². The Morgan fingerprint density at radius 2 is 2.15 bits per heavy atom. The Labute approximate surface area is 124 Å². The van der Waals surface area contributed by atoms with Gasteiger partial charge in [0.15, 0.2) is 0 Å². The number of hydrogen-bond acceptors (Lipinski definition) is 3. The fourth-order valence-corrected chi connectivity index (χ4v) is 3.01. The highest BCUT2D eigenvalue weighted by Gasteiger charge is 2.28. The number of nitrogens with zero attached hydrogens (tertiary/aromatic N) is 1. The number of halogens is 1. The van der Waals surface area contributed by atoms with Crippen molar-refractivity contribution in [1.29, 1.82) is 0 Å². The molecule has 0 saturated heterocycles. The van der Waals surface area contributed by atoms with Crippen LogP contribution in [0.2, 0.25) is 5.02 Å². The zero-order valence-electron chi connectivity index (χ0n) is 11.7. The predicted molar refractivity (Wildman–Crippen MR) is 81.4 cm³/mol. The number of carbonyl (C=O) groups excluding carboxylic acids is 1. The van der Waals surface area contributed by atoms with Gasteiger partial charge in [0, 0.05) is 30.3 Å². The largest absolute Gasteiger partial charge is 0.395 e. The van der Waals surface area contributed by atoms with Crippen molar-refractivity contribution in [3.8, 4) is 0 Å². The van der Waals surface area contributed by atoms with Crippen molar-refractivity contribution in [2.75, 3.05) is 25.5 Å². The Bertz CT molecular complexity index is 473. The molecule has 0 spiro atoms. The minimum atomic E-state index is -0.0576. The Morgan fingerprint density at radius 1 is 1.45 bits per heavy atom. The summed E-state index contributed by atoms with van der Waals surface area (Å²) in [6.07, 6.45) is 4.32. The third-order valence-electron chi connectivity index (χ3n) is 3.85. The van der Waals surface area contributed by atoms with Crippen LogP contribution in [0, 0.1) is 0 Å². The maximum absolute atomic E-state index is 12.8. The highest BCUT2D eigenvalue weighted by molar-refractivity contribution is 6.31. The van der Waals surface area contributed by atoms with E-state index in [4.69, 9.17) is 11.6 Å². The second-order valence-corrected chi connectivity index (χ2v) is 5.54. The molecule has 1 amide bonds. The van der Waals surface area contributed by atoms with E-state index in [1.165, 1.54) is 0 Å². The summed E-state index contributed by atoms with van der Waals surface area (Å²) in [6.45, 7) is 0.358. The van der Waals surface area contributed by atoms with Crippen molar-refractivity contribution in [2.24, 2.45) is 0 Å². The lowest BCUT2D eigenvalue weighted by molar-refractivity contribution is 0.0639. The van der Waals surface area contributed by atoms with Gasteiger partial charge in [0.2, 0.25) is 0 Å². The Kier molecular flexibility index (Phi) is 5.26. The molecular formula is C15H21ClN2O2. The van der Waals surface area contributed by atoms with Gasteiger partial charge in [-0.25, -0.2) is 0 Å². The lowest BCUT2D eigenvalue weighted by atomic mass is 10.1. The molecule has 0 radical (unpaired) electrons. The van der Waals surface area contributed by atoms with Gasteiger partial charge in [0.1, 0.15) is 0 Å². The van der Waals surface area contributed by atoms with E-state index in [2.05, 4.69) is 5.32 Å². The zero-order valence-corrected chi connectivity index (χ0v) is 12.5. The van der Waals surface area contributed by atoms with E-state index in [-0.39, 0.29) is 18.6 Å². The highest BCUT2D eigenvalue weighted by Crippen LogP contribution is 2.27. The summed E-state index contributed by atoms with van der Waals surface area (Å²) in [5.74, 6) is -0.0576. The van der Waals surface area contributed by atoms with E-state index in [1.54, 1.807) is 30.1 Å². The number of aliphatic hydroxyl groups is 1. The summed E-state index contributed by atoms with van der Waals surface area (Å²) in [7, 11) is 1.78. The molecule has 0 aromatic heterocycles. The standard InChI is InChI=1S/C15H21ClN2O2/c1-17-14-7-6-11(16)10-13(14)15(20)18(8-9-19)12-4-2-3-5-12/h6-7,10,12,17,19H,2-5,8-9H2,1H3. The Balaban J connectivity index is 2.28. The topological polar surface area (TPSA) is 52.6 Å². The maximum Gasteiger partial charge on any atom is 0.256 e. The van der Waals surface area contributed by atoms with Crippen LogP contribution in [0.4, 0.5) is 5.69 Å². The van der Waals surface area contributed by atoms with Gasteiger partial charge in [-0.05, 0) is 31.0 Å². The van der Waals surface area contributed by atoms with Crippen molar-refractivity contribution in [3.63, 3.8) is 0 Å². The van der Waals surface area contributed by atoms with E-state index in [9.17, 15) is 9.90 Å². The number of hydrogen-bond donors (Lipinski definition) is 2. The van der Waals surface area contributed by atoms with Gasteiger partial charge in [-0.2, -0.15) is 0 Å². The van der Waals surface area contributed by atoms with Crippen LogP contribution in [-0.4, -0.2) is 42.2 Å². The summed E-state index contributed by atoms with van der Waals surface area (Å²) in [4.78, 5) is 14.6. The van der Waals surface area contributed by atoms with Gasteiger partial charge in [0.05, 0.1) is 12.2 Å². The third-order valence-corrected chi connectivity index (χ3v) is 4.08. The normalized spacial score (nSPS) is 15.3. The number of carbonyl (C=O) groups is 1. The van der Waals surface area contributed by atoms with Crippen LogP contribution in [0.3, 0.4) is 0 Å². The zero-order chi connectivity index (χ0) is 14.5. The number of nitrogens with one attached hydrogen (secondary N) is 1. The van der Waals surface area contributed by atoms with Crippen molar-refractivity contribution < 1.29 is 9.90 Å². The van der Waals surface area contributed by atoms with Gasteiger partial charge >= 0.3 is 0 Å². The fourth-order valence-electron chi connectivity index (χ4n) is 2.84. The average Bonchev–Trinajstić information content (AvgIpc) is 2.98. The van der Waals surface area contributed by atoms with Crippen LogP contribution in [0.25, 0.3) is 0 Å². The van der Waals surface area contributed by atoms with Gasteiger partial charge in [0.25, 0.3) is 5.91 Å². The van der Waals surface area contributed by atoms with Crippen molar-refractivity contribution in [1.82, 2.24) is 4.90 Å². The molecule has 1 aliphatic carbocycles. The lowest BCUT2D eigenvalue weighted by Gasteiger charge is -2.29. The molecular weight excluding hydrogens is 276 g/mol. The van der Waals surface area contributed by atoms with Crippen LogP contribution in [0.5, 0.6) is 0 Å². The van der Waals surface area contributed by atoms with Crippen LogP contribution >= 0.6 is 11.6 Å². The number of aliphatic hydroxyl groups excluding tert-OH is 1. The summed E-state index contributed by atoms with van der Waals surface area (Å²) in [5.41, 5.74) is 1.33. The smallest absolute Gasteiger partial charge is 0.256 e. The summed E-state index contributed by atoms with van der Waals surface area (Å²) >= 11 is 6.01. The first-order valence-electron chi connectivity index (χ1n) is 7.06. The van der Waals surface area contributed by atoms with Gasteiger partial charge in [-0.15, -0.1) is 0 Å². The van der Waals surface area contributed by atoms with Gasteiger partial charge < -0.3 is 15.3 Å². The molecule has 20 heavy (non-hydrogen) atoms. The molecule has 1 saturated carbocycles. The highest BCUT2D eigenvalue weighted by atomic mass is 35.5. The van der Waals surface area contributed by atoms with Crippen LogP contribution in [-0.2, 0) is 0 Å². The third kappa shape index (κ3) is 3.25. The molecule has 0 bridgehead atoms. The van der Waals surface area contributed by atoms with Crippen LogP contribution in [0.1, 0.15) is 36.0 Å². The first kappa shape index (κ1) is 15.1. The molecule has 1 aromatic carbocycles. The molecule has 110 valence electrons. The van der Waals surface area contributed by atoms with E-state index in [0.29, 0.717) is 17.1 Å². The second-order valence-electron chi connectivity index (χ2n) is 5.10. The van der Waals surface area contributed by atoms with E-state index in [1.807, 2.05) is 0 Å². The van der Waals surface area contributed by atoms with E-state index in [0.717, 1.165) is 31.4 Å². The predicted octanol–water partition coefficient (Wildman–Crippen LogP) is 2.76. The fraction of sp³-hybridized carbons (Fsp3) is 0.533. The SMILES string of the molecule is CNc1ccc(Cl)cc1C(=O)N(CCO)C1CCCC1. The number of amides is 1. The minimum Gasteiger partial charge on any atom is -0.395 e. The number of rotatable bonds is 5. The van der Waals surface area contributed by atoms with Crippen LogP contribution in [0.15, 0.2) is 18.2 Å². The van der Waals surface area contributed by atoms with Crippen molar-refractivity contribution >= 4 is 23.2 Å². The number of anilines is 1. The first-order chi connectivity index (χ1) is 9.67. The molecule has 1 aliphatic rings. The summed E-state index contributed by atoms with van der Waals surface area (Å²) in [5, 5.41) is 12.8. The van der Waals surface area contributed by atoms with E-state index < -0.39 is 0 Å². The average molecular weight is 297 g/mol. The first-order valence-corrected chi connectivity index (χ1v) is 7.44. The number of benzene rings is 1. The Morgan fingerprint density at radius 3 is 2.75 bits per heavy atom. The van der Waals surface area contributed by atoms with Crippen LogP contribution < -0.4 is 5.32 Å². The molecule has 0 aliphatic heterocycles. The summed E-state index contributed by atoms with van der Waals surface area (Å²) in [6, 6.07) is 5.49. The molecule has 2 N–H and O–H groups in total. The second kappa shape index (κ2) is 6.95. The molecule has 0 unspecified atom stereocenters. The quantitative estimate of drug-likeness (QED) is 0.878. The maximum atomic E-state index is 12.8. The molecule has 4 nitrogen and oxygen atoms in total. The molecule has 1 fully saturated rings. The lowest BCUT2D eigenvalue weighted by Crippen LogP contribution is -2.41. The van der Waals surface area contributed by atoms with Gasteiger partial charge in [-0.3, -0.25) is 4.79 Å². The molecule has 1 aromatic rings.